The highest BCUT2D eigenvalue weighted by Gasteiger charge is 2.23. The molecule has 1 heterocycles. The molecule has 0 aromatic heterocycles. The molecule has 4 nitrogen and oxygen atoms in total. The Balaban J connectivity index is 1.68. The summed E-state index contributed by atoms with van der Waals surface area (Å²) in [5.41, 5.74) is 6.48. The van der Waals surface area contributed by atoms with Crippen molar-refractivity contribution in [2.24, 2.45) is 0 Å². The molecule has 31 heavy (non-hydrogen) atoms. The van der Waals surface area contributed by atoms with Gasteiger partial charge in [0.05, 0.1) is 12.7 Å². The molecule has 1 aliphatic heterocycles. The topological polar surface area (TPSA) is 44.8 Å². The van der Waals surface area contributed by atoms with Gasteiger partial charge in [-0.25, -0.2) is 4.79 Å². The first-order chi connectivity index (χ1) is 15.2. The zero-order valence-electron chi connectivity index (χ0n) is 17.0. The van der Waals surface area contributed by atoms with Crippen LogP contribution in [0.1, 0.15) is 10.4 Å². The summed E-state index contributed by atoms with van der Waals surface area (Å²) in [7, 11) is 1.38. The zero-order valence-corrected chi connectivity index (χ0v) is 17.0. The number of ether oxygens (including phenoxy) is 3. The molecule has 152 valence electrons. The van der Waals surface area contributed by atoms with Crippen molar-refractivity contribution in [1.82, 2.24) is 0 Å². The van der Waals surface area contributed by atoms with Gasteiger partial charge in [0.25, 0.3) is 0 Å². The average Bonchev–Trinajstić information content (AvgIpc) is 3.31. The fraction of sp³-hybridized carbons (Fsp3) is 0.0741. The molecule has 1 aliphatic rings. The first kappa shape index (κ1) is 18.9. The van der Waals surface area contributed by atoms with Gasteiger partial charge in [-0.3, -0.25) is 0 Å². The Bertz CT molecular complexity index is 1260. The second kappa shape index (κ2) is 8.00. The Hall–Kier alpha value is -4.05. The molecule has 0 unspecified atom stereocenters. The van der Waals surface area contributed by atoms with Gasteiger partial charge in [-0.1, -0.05) is 72.8 Å². The fourth-order valence-electron chi connectivity index (χ4n) is 3.91. The van der Waals surface area contributed by atoms with Crippen molar-refractivity contribution in [3.63, 3.8) is 0 Å². The number of esters is 1. The van der Waals surface area contributed by atoms with Crippen molar-refractivity contribution >= 4 is 5.97 Å². The van der Waals surface area contributed by atoms with Crippen LogP contribution in [-0.2, 0) is 4.74 Å². The van der Waals surface area contributed by atoms with Gasteiger partial charge < -0.3 is 14.2 Å². The van der Waals surface area contributed by atoms with Gasteiger partial charge in [0.2, 0.25) is 6.79 Å². The summed E-state index contributed by atoms with van der Waals surface area (Å²) < 4.78 is 16.1. The molecule has 0 saturated carbocycles. The van der Waals surface area contributed by atoms with E-state index in [4.69, 9.17) is 14.2 Å². The van der Waals surface area contributed by atoms with Crippen LogP contribution in [0, 0.1) is 0 Å². The van der Waals surface area contributed by atoms with Crippen LogP contribution >= 0.6 is 0 Å². The highest BCUT2D eigenvalue weighted by atomic mass is 16.7. The van der Waals surface area contributed by atoms with Crippen molar-refractivity contribution in [2.45, 2.75) is 0 Å². The van der Waals surface area contributed by atoms with Crippen LogP contribution in [0.5, 0.6) is 11.5 Å². The third kappa shape index (κ3) is 3.53. The van der Waals surface area contributed by atoms with Crippen LogP contribution in [0.4, 0.5) is 0 Å². The van der Waals surface area contributed by atoms with Gasteiger partial charge >= 0.3 is 5.97 Å². The zero-order chi connectivity index (χ0) is 21.2. The van der Waals surface area contributed by atoms with Crippen LogP contribution in [0.2, 0.25) is 0 Å². The normalized spacial score (nSPS) is 11.9. The smallest absolute Gasteiger partial charge is 0.338 e. The van der Waals surface area contributed by atoms with Gasteiger partial charge in [0.15, 0.2) is 11.5 Å². The Labute approximate surface area is 180 Å². The van der Waals surface area contributed by atoms with Gasteiger partial charge in [-0.05, 0) is 46.0 Å². The molecule has 0 saturated heterocycles. The Kier molecular flexibility index (Phi) is 4.89. The number of fused-ring (bicyclic) bond motifs is 1. The minimum Gasteiger partial charge on any atom is -0.465 e. The third-order valence-corrected chi connectivity index (χ3v) is 5.42. The first-order valence-corrected chi connectivity index (χ1v) is 10.0. The average molecular weight is 408 g/mol. The van der Waals surface area contributed by atoms with Crippen LogP contribution in [-0.4, -0.2) is 19.9 Å². The lowest BCUT2D eigenvalue weighted by molar-refractivity contribution is 0.0601. The van der Waals surface area contributed by atoms with Crippen LogP contribution in [0.15, 0.2) is 91.0 Å². The van der Waals surface area contributed by atoms with Crippen LogP contribution < -0.4 is 9.47 Å². The van der Waals surface area contributed by atoms with Crippen LogP contribution in [0.25, 0.3) is 33.4 Å². The standard InChI is InChI=1S/C27H20O4/c1-29-27(28)24-16-26-25(30-17-31-26)15-23(24)22-13-6-5-12-21(22)20-11-7-10-19(14-20)18-8-3-2-4-9-18/h2-16H,17H2,1H3. The monoisotopic (exact) mass is 408 g/mol. The molecule has 4 aromatic carbocycles. The van der Waals surface area contributed by atoms with E-state index in [9.17, 15) is 4.79 Å². The molecule has 0 bridgehead atoms. The van der Waals surface area contributed by atoms with E-state index in [0.29, 0.717) is 17.1 Å². The lowest BCUT2D eigenvalue weighted by atomic mass is 9.90. The maximum absolute atomic E-state index is 12.6. The van der Waals surface area contributed by atoms with E-state index in [1.165, 1.54) is 7.11 Å². The summed E-state index contributed by atoms with van der Waals surface area (Å²) in [6.07, 6.45) is 0. The number of carbonyl (C=O) groups excluding carboxylic acids is 1. The van der Waals surface area contributed by atoms with E-state index in [-0.39, 0.29) is 6.79 Å². The second-order valence-corrected chi connectivity index (χ2v) is 7.24. The molecule has 0 amide bonds. The molecular formula is C27H20O4. The quantitative estimate of drug-likeness (QED) is 0.377. The highest BCUT2D eigenvalue weighted by Crippen LogP contribution is 2.42. The minimum absolute atomic E-state index is 0.139. The third-order valence-electron chi connectivity index (χ3n) is 5.42. The maximum atomic E-state index is 12.6. The van der Waals surface area contributed by atoms with E-state index < -0.39 is 5.97 Å². The van der Waals surface area contributed by atoms with E-state index in [0.717, 1.165) is 33.4 Å². The van der Waals surface area contributed by atoms with Crippen LogP contribution in [0.3, 0.4) is 0 Å². The molecule has 0 aliphatic carbocycles. The Morgan fingerprint density at radius 1 is 0.677 bits per heavy atom. The lowest BCUT2D eigenvalue weighted by Crippen LogP contribution is -2.04. The number of methoxy groups -OCH3 is 1. The summed E-state index contributed by atoms with van der Waals surface area (Å²) in [6, 6.07) is 30.2. The SMILES string of the molecule is COC(=O)c1cc2c(cc1-c1ccccc1-c1cccc(-c3ccccc3)c1)OCO2. The molecule has 4 heteroatoms. The number of carbonyl (C=O) groups is 1. The van der Waals surface area contributed by atoms with E-state index in [2.05, 4.69) is 42.5 Å². The predicted octanol–water partition coefficient (Wildman–Crippen LogP) is 6.20. The Morgan fingerprint density at radius 3 is 2.10 bits per heavy atom. The van der Waals surface area contributed by atoms with E-state index in [1.54, 1.807) is 6.07 Å². The molecular weight excluding hydrogens is 388 g/mol. The van der Waals surface area contributed by atoms with Crippen molar-refractivity contribution in [3.05, 3.63) is 96.6 Å². The summed E-state index contributed by atoms with van der Waals surface area (Å²) in [5.74, 6) is 0.754. The minimum atomic E-state index is -0.416. The molecule has 0 spiro atoms. The summed E-state index contributed by atoms with van der Waals surface area (Å²) in [6.45, 7) is 0.139. The summed E-state index contributed by atoms with van der Waals surface area (Å²) in [5, 5.41) is 0. The molecule has 0 N–H and O–H groups in total. The molecule has 0 fully saturated rings. The van der Waals surface area contributed by atoms with E-state index in [1.807, 2.05) is 42.5 Å². The van der Waals surface area contributed by atoms with E-state index >= 15 is 0 Å². The summed E-state index contributed by atoms with van der Waals surface area (Å²) in [4.78, 5) is 12.6. The van der Waals surface area contributed by atoms with Gasteiger partial charge in [-0.15, -0.1) is 0 Å². The molecule has 0 radical (unpaired) electrons. The van der Waals surface area contributed by atoms with Crippen molar-refractivity contribution in [2.75, 3.05) is 13.9 Å². The largest absolute Gasteiger partial charge is 0.465 e. The number of hydrogen-bond acceptors (Lipinski definition) is 4. The van der Waals surface area contributed by atoms with Crippen molar-refractivity contribution in [1.29, 1.82) is 0 Å². The number of benzene rings is 4. The maximum Gasteiger partial charge on any atom is 0.338 e. The predicted molar refractivity (Wildman–Crippen MR) is 120 cm³/mol. The van der Waals surface area contributed by atoms with Gasteiger partial charge in [0, 0.05) is 5.56 Å². The second-order valence-electron chi connectivity index (χ2n) is 7.24. The Morgan fingerprint density at radius 2 is 1.32 bits per heavy atom. The van der Waals surface area contributed by atoms with Crippen molar-refractivity contribution < 1.29 is 19.0 Å². The number of rotatable bonds is 4. The first-order valence-electron chi connectivity index (χ1n) is 10.0. The number of hydrogen-bond donors (Lipinski definition) is 0. The van der Waals surface area contributed by atoms with Gasteiger partial charge in [0.1, 0.15) is 0 Å². The lowest BCUT2D eigenvalue weighted by Gasteiger charge is -2.15. The molecule has 5 rings (SSSR count). The fourth-order valence-corrected chi connectivity index (χ4v) is 3.91. The summed E-state index contributed by atoms with van der Waals surface area (Å²) >= 11 is 0. The molecule has 4 aromatic rings. The molecule has 0 atom stereocenters. The van der Waals surface area contributed by atoms with Gasteiger partial charge in [-0.2, -0.15) is 0 Å². The van der Waals surface area contributed by atoms with Crippen molar-refractivity contribution in [3.8, 4) is 44.9 Å². The highest BCUT2D eigenvalue weighted by molar-refractivity contribution is 6.01.